The van der Waals surface area contributed by atoms with Gasteiger partial charge >= 0.3 is 17.9 Å². The Bertz CT molecular complexity index is 1480. The topological polar surface area (TPSA) is 78.9 Å². The van der Waals surface area contributed by atoms with Crippen LogP contribution in [0.4, 0.5) is 0 Å². The van der Waals surface area contributed by atoms with Gasteiger partial charge in [0.15, 0.2) is 6.10 Å². The fraction of sp³-hybridized carbons (Fsp3) is 0.725. The van der Waals surface area contributed by atoms with Gasteiger partial charge in [-0.25, -0.2) is 0 Å². The molecular weight excluding hydrogens is 925 g/mol. The summed E-state index contributed by atoms with van der Waals surface area (Å²) in [4.78, 5) is 38.1. The molecule has 0 saturated heterocycles. The third kappa shape index (κ3) is 61.1. The Balaban J connectivity index is 4.09. The Hall–Kier alpha value is -3.67. The molecule has 75 heavy (non-hydrogen) atoms. The van der Waals surface area contributed by atoms with Crippen molar-refractivity contribution in [2.75, 3.05) is 13.2 Å². The van der Waals surface area contributed by atoms with Gasteiger partial charge in [0, 0.05) is 19.3 Å². The van der Waals surface area contributed by atoms with Gasteiger partial charge in [-0.3, -0.25) is 14.4 Å². The third-order valence-corrected chi connectivity index (χ3v) is 13.5. The van der Waals surface area contributed by atoms with Gasteiger partial charge in [0.2, 0.25) is 0 Å². The first-order chi connectivity index (χ1) is 37.0. The van der Waals surface area contributed by atoms with Gasteiger partial charge in [0.25, 0.3) is 0 Å². The highest BCUT2D eigenvalue weighted by Crippen LogP contribution is 2.16. The lowest BCUT2D eigenvalue weighted by Gasteiger charge is -2.18. The Labute approximate surface area is 464 Å². The van der Waals surface area contributed by atoms with Crippen LogP contribution in [0.1, 0.15) is 303 Å². The molecule has 0 spiro atoms. The van der Waals surface area contributed by atoms with E-state index in [1.54, 1.807) is 0 Å². The number of esters is 3. The molecule has 0 radical (unpaired) electrons. The molecule has 1 atom stereocenters. The Kier molecular flexibility index (Phi) is 59.8. The molecule has 0 fully saturated rings. The van der Waals surface area contributed by atoms with Crippen molar-refractivity contribution in [2.24, 2.45) is 0 Å². The van der Waals surface area contributed by atoms with Gasteiger partial charge in [-0.2, -0.15) is 0 Å². The SMILES string of the molecule is CC/C=C\C/C=C\C/C=C\C/C=C\C/C=C\CCCCCCCCCCCCCCCCCCCC(=O)OCC(COC(=O)CCCCCCC/C=C\CCCC)OC(=O)CCCCCCC/C=C\C/C=C\CCC. The van der Waals surface area contributed by atoms with Gasteiger partial charge in [0.05, 0.1) is 0 Å². The van der Waals surface area contributed by atoms with Crippen LogP contribution in [-0.2, 0) is 28.6 Å². The maximum absolute atomic E-state index is 12.8. The van der Waals surface area contributed by atoms with E-state index >= 15 is 0 Å². The van der Waals surface area contributed by atoms with Gasteiger partial charge < -0.3 is 14.2 Å². The molecule has 6 heteroatoms. The predicted molar refractivity (Wildman–Crippen MR) is 325 cm³/mol. The lowest BCUT2D eigenvalue weighted by Crippen LogP contribution is -2.30. The average Bonchev–Trinajstić information content (AvgIpc) is 3.41. The minimum Gasteiger partial charge on any atom is -0.462 e. The number of ether oxygens (including phenoxy) is 3. The van der Waals surface area contributed by atoms with Crippen molar-refractivity contribution in [1.29, 1.82) is 0 Å². The smallest absolute Gasteiger partial charge is 0.306 e. The number of hydrogen-bond acceptors (Lipinski definition) is 6. The zero-order chi connectivity index (χ0) is 54.3. The molecule has 0 aromatic carbocycles. The van der Waals surface area contributed by atoms with E-state index in [2.05, 4.69) is 118 Å². The molecule has 0 aromatic heterocycles. The van der Waals surface area contributed by atoms with Crippen LogP contribution in [0.5, 0.6) is 0 Å². The van der Waals surface area contributed by atoms with Crippen LogP contribution in [0.25, 0.3) is 0 Å². The normalized spacial score (nSPS) is 12.7. The standard InChI is InChI=1S/C69H118O6/c1-4-7-10-13-16-19-22-24-25-26-27-28-29-30-31-32-33-34-35-36-37-38-39-40-41-42-43-45-47-50-53-56-59-62-68(71)74-65-66(64-73-67(70)61-58-55-52-49-46-21-18-15-12-9-6-3)75-69(72)63-60-57-54-51-48-44-23-20-17-14-11-8-5-2/h7,10-11,14-16,18-20,23-25,27-28,30-31,66H,4-6,8-9,12-13,17,21-22,26,29,32-65H2,1-3H3/b10-7-,14-11-,18-15-,19-16-,23-20-,25-24-,28-27-,31-30-. The number of rotatable bonds is 57. The zero-order valence-corrected chi connectivity index (χ0v) is 49.3. The summed E-state index contributed by atoms with van der Waals surface area (Å²) in [7, 11) is 0. The molecule has 0 aliphatic carbocycles. The van der Waals surface area contributed by atoms with Crippen molar-refractivity contribution in [1.82, 2.24) is 0 Å². The maximum Gasteiger partial charge on any atom is 0.306 e. The summed E-state index contributed by atoms with van der Waals surface area (Å²) in [5.74, 6) is -0.900. The molecule has 0 bridgehead atoms. The minimum atomic E-state index is -0.786. The highest BCUT2D eigenvalue weighted by Gasteiger charge is 2.19. The minimum absolute atomic E-state index is 0.0832. The first kappa shape index (κ1) is 71.3. The van der Waals surface area contributed by atoms with Crippen LogP contribution in [0.3, 0.4) is 0 Å². The summed E-state index contributed by atoms with van der Waals surface area (Å²) < 4.78 is 16.8. The van der Waals surface area contributed by atoms with Crippen LogP contribution in [0, 0.1) is 0 Å². The molecule has 0 N–H and O–H groups in total. The van der Waals surface area contributed by atoms with E-state index < -0.39 is 6.10 Å². The Morgan fingerprint density at radius 2 is 0.547 bits per heavy atom. The van der Waals surface area contributed by atoms with Crippen molar-refractivity contribution in [2.45, 2.75) is 309 Å². The van der Waals surface area contributed by atoms with Crippen molar-refractivity contribution in [3.63, 3.8) is 0 Å². The number of hydrogen-bond donors (Lipinski definition) is 0. The lowest BCUT2D eigenvalue weighted by molar-refractivity contribution is -0.167. The summed E-state index contributed by atoms with van der Waals surface area (Å²) in [6, 6.07) is 0. The van der Waals surface area contributed by atoms with Crippen LogP contribution >= 0.6 is 0 Å². The van der Waals surface area contributed by atoms with Gasteiger partial charge in [0.1, 0.15) is 13.2 Å². The van der Waals surface area contributed by atoms with Crippen LogP contribution in [0.15, 0.2) is 97.2 Å². The molecule has 0 aliphatic rings. The van der Waals surface area contributed by atoms with E-state index in [1.165, 1.54) is 135 Å². The fourth-order valence-corrected chi connectivity index (χ4v) is 8.78. The predicted octanol–water partition coefficient (Wildman–Crippen LogP) is 21.7. The quantitative estimate of drug-likeness (QED) is 0.0261. The van der Waals surface area contributed by atoms with Crippen LogP contribution in [0.2, 0.25) is 0 Å². The van der Waals surface area contributed by atoms with Gasteiger partial charge in [-0.15, -0.1) is 0 Å². The maximum atomic E-state index is 12.8. The van der Waals surface area contributed by atoms with E-state index in [9.17, 15) is 14.4 Å². The molecule has 0 aromatic rings. The van der Waals surface area contributed by atoms with Crippen molar-refractivity contribution in [3.8, 4) is 0 Å². The summed E-state index contributed by atoms with van der Waals surface area (Å²) in [6.45, 7) is 6.42. The van der Waals surface area contributed by atoms with E-state index in [4.69, 9.17) is 14.2 Å². The van der Waals surface area contributed by atoms with Gasteiger partial charge in [-0.05, 0) is 109 Å². The fourth-order valence-electron chi connectivity index (χ4n) is 8.78. The third-order valence-electron chi connectivity index (χ3n) is 13.5. The van der Waals surface area contributed by atoms with Gasteiger partial charge in [-0.1, -0.05) is 272 Å². The van der Waals surface area contributed by atoms with E-state index in [-0.39, 0.29) is 31.1 Å². The van der Waals surface area contributed by atoms with E-state index in [1.807, 2.05) is 0 Å². The van der Waals surface area contributed by atoms with Crippen LogP contribution in [-0.4, -0.2) is 37.2 Å². The monoisotopic (exact) mass is 1040 g/mol. The van der Waals surface area contributed by atoms with Crippen molar-refractivity contribution >= 4 is 17.9 Å². The van der Waals surface area contributed by atoms with Crippen LogP contribution < -0.4 is 0 Å². The molecule has 1 unspecified atom stereocenters. The largest absolute Gasteiger partial charge is 0.462 e. The highest BCUT2D eigenvalue weighted by molar-refractivity contribution is 5.71. The second-order valence-electron chi connectivity index (χ2n) is 20.9. The first-order valence-electron chi connectivity index (χ1n) is 31.7. The molecule has 0 amide bonds. The summed E-state index contributed by atoms with van der Waals surface area (Å²) in [5.41, 5.74) is 0. The lowest BCUT2D eigenvalue weighted by atomic mass is 10.0. The molecule has 0 saturated carbocycles. The van der Waals surface area contributed by atoms with Crippen molar-refractivity contribution in [3.05, 3.63) is 97.2 Å². The average molecular weight is 1040 g/mol. The number of carbonyl (C=O) groups is 3. The highest BCUT2D eigenvalue weighted by atomic mass is 16.6. The molecule has 6 nitrogen and oxygen atoms in total. The van der Waals surface area contributed by atoms with Crippen molar-refractivity contribution < 1.29 is 28.6 Å². The second-order valence-corrected chi connectivity index (χ2v) is 20.9. The number of unbranched alkanes of at least 4 members (excludes halogenated alkanes) is 30. The first-order valence-corrected chi connectivity index (χ1v) is 31.7. The molecular formula is C69H118O6. The summed E-state index contributed by atoms with van der Waals surface area (Å²) in [6.07, 6.45) is 84.3. The molecule has 0 rings (SSSR count). The summed E-state index contributed by atoms with van der Waals surface area (Å²) >= 11 is 0. The summed E-state index contributed by atoms with van der Waals surface area (Å²) in [5, 5.41) is 0. The number of allylic oxidation sites excluding steroid dienone is 16. The Morgan fingerprint density at radius 1 is 0.280 bits per heavy atom. The molecule has 0 aliphatic heterocycles. The van der Waals surface area contributed by atoms with E-state index in [0.29, 0.717) is 19.3 Å². The molecule has 430 valence electrons. The second kappa shape index (κ2) is 62.9. The molecule has 0 heterocycles. The Morgan fingerprint density at radius 3 is 0.880 bits per heavy atom. The van der Waals surface area contributed by atoms with E-state index in [0.717, 1.165) is 128 Å². The number of carbonyl (C=O) groups excluding carboxylic acids is 3. The zero-order valence-electron chi connectivity index (χ0n) is 49.3.